The Morgan fingerprint density at radius 1 is 1.16 bits per heavy atom. The van der Waals surface area contributed by atoms with Crippen molar-refractivity contribution in [3.8, 4) is 0 Å². The van der Waals surface area contributed by atoms with E-state index in [1.165, 1.54) is 11.1 Å². The molecule has 0 amide bonds. The SMILES string of the molecule is CCOCc1ccccc1NCc1ccc(C)cn1. The molecule has 19 heavy (non-hydrogen) atoms. The minimum absolute atomic E-state index is 0.640. The first-order valence-electron chi connectivity index (χ1n) is 6.60. The van der Waals surface area contributed by atoms with E-state index in [0.29, 0.717) is 6.61 Å². The van der Waals surface area contributed by atoms with Gasteiger partial charge < -0.3 is 10.1 Å². The smallest absolute Gasteiger partial charge is 0.0736 e. The second kappa shape index (κ2) is 6.90. The average molecular weight is 256 g/mol. The number of para-hydroxylation sites is 1. The molecule has 0 saturated heterocycles. The minimum atomic E-state index is 0.640. The lowest BCUT2D eigenvalue weighted by atomic mass is 10.2. The fraction of sp³-hybridized carbons (Fsp3) is 0.312. The van der Waals surface area contributed by atoms with Gasteiger partial charge in [0.1, 0.15) is 0 Å². The standard InChI is InChI=1S/C16H20N2O/c1-3-19-12-14-6-4-5-7-16(14)18-11-15-9-8-13(2)10-17-15/h4-10,18H,3,11-12H2,1-2H3. The molecule has 0 radical (unpaired) electrons. The van der Waals surface area contributed by atoms with Crippen molar-refractivity contribution in [3.05, 3.63) is 59.4 Å². The third-order valence-corrected chi connectivity index (χ3v) is 2.91. The highest BCUT2D eigenvalue weighted by Gasteiger charge is 2.01. The van der Waals surface area contributed by atoms with Crippen LogP contribution in [0.15, 0.2) is 42.6 Å². The number of hydrogen-bond donors (Lipinski definition) is 1. The van der Waals surface area contributed by atoms with Crippen molar-refractivity contribution in [2.75, 3.05) is 11.9 Å². The van der Waals surface area contributed by atoms with Gasteiger partial charge in [0.25, 0.3) is 0 Å². The zero-order valence-corrected chi connectivity index (χ0v) is 11.5. The van der Waals surface area contributed by atoms with Crippen LogP contribution in [0.5, 0.6) is 0 Å². The lowest BCUT2D eigenvalue weighted by Crippen LogP contribution is -2.05. The van der Waals surface area contributed by atoms with E-state index in [2.05, 4.69) is 28.5 Å². The number of nitrogens with one attached hydrogen (secondary N) is 1. The van der Waals surface area contributed by atoms with E-state index in [4.69, 9.17) is 4.74 Å². The van der Waals surface area contributed by atoms with Crippen LogP contribution in [0.4, 0.5) is 5.69 Å². The summed E-state index contributed by atoms with van der Waals surface area (Å²) in [5.41, 5.74) is 4.51. The molecule has 2 rings (SSSR count). The van der Waals surface area contributed by atoms with Crippen LogP contribution in [-0.4, -0.2) is 11.6 Å². The summed E-state index contributed by atoms with van der Waals surface area (Å²) in [7, 11) is 0. The topological polar surface area (TPSA) is 34.1 Å². The van der Waals surface area contributed by atoms with Crippen molar-refractivity contribution in [2.24, 2.45) is 0 Å². The predicted molar refractivity (Wildman–Crippen MR) is 78.1 cm³/mol. The van der Waals surface area contributed by atoms with E-state index in [1.807, 2.05) is 38.2 Å². The quantitative estimate of drug-likeness (QED) is 0.858. The molecule has 1 aromatic carbocycles. The van der Waals surface area contributed by atoms with Gasteiger partial charge in [-0.3, -0.25) is 4.98 Å². The molecule has 1 heterocycles. The molecule has 3 nitrogen and oxygen atoms in total. The largest absolute Gasteiger partial charge is 0.379 e. The molecule has 0 aliphatic heterocycles. The van der Waals surface area contributed by atoms with E-state index >= 15 is 0 Å². The van der Waals surface area contributed by atoms with Crippen molar-refractivity contribution in [2.45, 2.75) is 27.0 Å². The highest BCUT2D eigenvalue weighted by atomic mass is 16.5. The highest BCUT2D eigenvalue weighted by molar-refractivity contribution is 5.50. The van der Waals surface area contributed by atoms with Gasteiger partial charge >= 0.3 is 0 Å². The number of aryl methyl sites for hydroxylation is 1. The lowest BCUT2D eigenvalue weighted by Gasteiger charge is -2.11. The van der Waals surface area contributed by atoms with Gasteiger partial charge in [-0.25, -0.2) is 0 Å². The molecule has 0 atom stereocenters. The maximum absolute atomic E-state index is 5.47. The van der Waals surface area contributed by atoms with Gasteiger partial charge in [0.05, 0.1) is 18.8 Å². The number of hydrogen-bond acceptors (Lipinski definition) is 3. The molecule has 0 bridgehead atoms. The van der Waals surface area contributed by atoms with Gasteiger partial charge in [0.15, 0.2) is 0 Å². The van der Waals surface area contributed by atoms with Gasteiger partial charge in [-0.15, -0.1) is 0 Å². The van der Waals surface area contributed by atoms with Crippen LogP contribution >= 0.6 is 0 Å². The normalized spacial score (nSPS) is 10.4. The van der Waals surface area contributed by atoms with E-state index in [1.54, 1.807) is 0 Å². The first-order chi connectivity index (χ1) is 9.29. The maximum Gasteiger partial charge on any atom is 0.0736 e. The summed E-state index contributed by atoms with van der Waals surface area (Å²) in [5.74, 6) is 0. The summed E-state index contributed by atoms with van der Waals surface area (Å²) in [4.78, 5) is 4.39. The Bertz CT molecular complexity index is 508. The molecule has 0 fully saturated rings. The summed E-state index contributed by atoms with van der Waals surface area (Å²) in [6.07, 6.45) is 1.89. The maximum atomic E-state index is 5.47. The Morgan fingerprint density at radius 2 is 2.00 bits per heavy atom. The zero-order valence-electron chi connectivity index (χ0n) is 11.5. The van der Waals surface area contributed by atoms with Crippen LogP contribution in [-0.2, 0) is 17.9 Å². The first kappa shape index (κ1) is 13.6. The number of pyridine rings is 1. The average Bonchev–Trinajstić information content (AvgIpc) is 2.45. The number of ether oxygens (including phenoxy) is 1. The Labute approximate surface area is 114 Å². The third kappa shape index (κ3) is 4.07. The third-order valence-electron chi connectivity index (χ3n) is 2.91. The summed E-state index contributed by atoms with van der Waals surface area (Å²) in [6.45, 7) is 6.14. The van der Waals surface area contributed by atoms with E-state index in [9.17, 15) is 0 Å². The van der Waals surface area contributed by atoms with Crippen molar-refractivity contribution in [1.82, 2.24) is 4.98 Å². The van der Waals surface area contributed by atoms with Crippen molar-refractivity contribution in [1.29, 1.82) is 0 Å². The lowest BCUT2D eigenvalue weighted by molar-refractivity contribution is 0.134. The second-order valence-corrected chi connectivity index (χ2v) is 4.47. The zero-order chi connectivity index (χ0) is 13.5. The second-order valence-electron chi connectivity index (χ2n) is 4.47. The van der Waals surface area contributed by atoms with Gasteiger partial charge in [-0.1, -0.05) is 24.3 Å². The molecule has 0 aliphatic carbocycles. The number of anilines is 1. The molecule has 0 unspecified atom stereocenters. The fourth-order valence-electron chi connectivity index (χ4n) is 1.82. The molecule has 0 saturated carbocycles. The molecule has 3 heteroatoms. The Kier molecular flexibility index (Phi) is 4.93. The van der Waals surface area contributed by atoms with Gasteiger partial charge in [0.2, 0.25) is 0 Å². The molecular weight excluding hydrogens is 236 g/mol. The molecule has 2 aromatic rings. The summed E-state index contributed by atoms with van der Waals surface area (Å²) in [6, 6.07) is 12.3. The van der Waals surface area contributed by atoms with Crippen molar-refractivity contribution in [3.63, 3.8) is 0 Å². The van der Waals surface area contributed by atoms with Crippen LogP contribution in [0.25, 0.3) is 0 Å². The van der Waals surface area contributed by atoms with Crippen LogP contribution < -0.4 is 5.32 Å². The van der Waals surface area contributed by atoms with E-state index in [-0.39, 0.29) is 0 Å². The summed E-state index contributed by atoms with van der Waals surface area (Å²) < 4.78 is 5.47. The van der Waals surface area contributed by atoms with Crippen molar-refractivity contribution < 1.29 is 4.74 Å². The van der Waals surface area contributed by atoms with Gasteiger partial charge in [0, 0.05) is 24.1 Å². The number of benzene rings is 1. The minimum Gasteiger partial charge on any atom is -0.379 e. The Morgan fingerprint density at radius 3 is 2.74 bits per heavy atom. The Balaban J connectivity index is 2.00. The van der Waals surface area contributed by atoms with Crippen LogP contribution in [0.3, 0.4) is 0 Å². The molecule has 0 spiro atoms. The van der Waals surface area contributed by atoms with E-state index in [0.717, 1.165) is 24.5 Å². The fourth-order valence-corrected chi connectivity index (χ4v) is 1.82. The summed E-state index contributed by atoms with van der Waals surface area (Å²) in [5, 5.41) is 3.42. The van der Waals surface area contributed by atoms with Gasteiger partial charge in [-0.05, 0) is 31.5 Å². The number of nitrogens with zero attached hydrogens (tertiary/aromatic N) is 1. The highest BCUT2D eigenvalue weighted by Crippen LogP contribution is 2.16. The number of rotatable bonds is 6. The molecule has 0 aliphatic rings. The van der Waals surface area contributed by atoms with Crippen LogP contribution in [0, 0.1) is 6.92 Å². The molecule has 100 valence electrons. The predicted octanol–water partition coefficient (Wildman–Crippen LogP) is 3.54. The van der Waals surface area contributed by atoms with Crippen LogP contribution in [0.1, 0.15) is 23.7 Å². The monoisotopic (exact) mass is 256 g/mol. The molecule has 1 N–H and O–H groups in total. The molecule has 1 aromatic heterocycles. The van der Waals surface area contributed by atoms with E-state index < -0.39 is 0 Å². The van der Waals surface area contributed by atoms with Crippen LogP contribution in [0.2, 0.25) is 0 Å². The van der Waals surface area contributed by atoms with Crippen molar-refractivity contribution >= 4 is 5.69 Å². The molecular formula is C16H20N2O. The summed E-state index contributed by atoms with van der Waals surface area (Å²) >= 11 is 0. The number of aromatic nitrogens is 1. The van der Waals surface area contributed by atoms with Gasteiger partial charge in [-0.2, -0.15) is 0 Å². The first-order valence-corrected chi connectivity index (χ1v) is 6.60. The Hall–Kier alpha value is -1.87.